The molecule has 0 bridgehead atoms. The lowest BCUT2D eigenvalue weighted by atomic mass is 10.2. The summed E-state index contributed by atoms with van der Waals surface area (Å²) in [4.78, 5) is 27.2. The zero-order valence-corrected chi connectivity index (χ0v) is 15.0. The lowest BCUT2D eigenvalue weighted by molar-refractivity contribution is 0.0995. The standard InChI is InChI=1S/C21H19N5O2/c22-21(27)20-10-14-28-17-25-15-19-9-5-4-8-18(19)7-3-1-2-6-11-23-16-24-12-13-26-20/h1-17H,(H2,22,27). The van der Waals surface area contributed by atoms with Gasteiger partial charge in [-0.1, -0.05) is 48.5 Å². The lowest BCUT2D eigenvalue weighted by Crippen LogP contribution is -2.11. The number of aromatic nitrogens is 4. The molecule has 0 aliphatic carbocycles. The molecule has 0 saturated carbocycles. The second kappa shape index (κ2) is 12.3. The molecule has 0 fully saturated rings. The summed E-state index contributed by atoms with van der Waals surface area (Å²) < 4.78 is 5.13. The van der Waals surface area contributed by atoms with E-state index in [0.29, 0.717) is 0 Å². The third-order valence-corrected chi connectivity index (χ3v) is 3.17. The largest absolute Gasteiger partial charge is 0.453 e. The molecule has 140 valence electrons. The Morgan fingerprint density at radius 3 is 2.32 bits per heavy atom. The normalized spacial score (nSPS) is 9.00. The van der Waals surface area contributed by atoms with Gasteiger partial charge in [-0.3, -0.25) is 4.79 Å². The Morgan fingerprint density at radius 2 is 1.50 bits per heavy atom. The monoisotopic (exact) mass is 373 g/mol. The van der Waals surface area contributed by atoms with Crippen molar-refractivity contribution in [1.29, 1.82) is 0 Å². The number of hydrogen-bond acceptors (Lipinski definition) is 6. The average Bonchev–Trinajstić information content (AvgIpc) is 2.69. The predicted molar refractivity (Wildman–Crippen MR) is 106 cm³/mol. The van der Waals surface area contributed by atoms with Gasteiger partial charge in [0.1, 0.15) is 12.0 Å². The number of nitrogens with zero attached hydrogens (tertiary/aromatic N) is 4. The van der Waals surface area contributed by atoms with Gasteiger partial charge in [-0.2, -0.15) is 0 Å². The molecule has 0 atom stereocenters. The van der Waals surface area contributed by atoms with E-state index in [-0.39, 0.29) is 5.69 Å². The van der Waals surface area contributed by atoms with Gasteiger partial charge >= 0.3 is 0 Å². The van der Waals surface area contributed by atoms with Crippen LogP contribution in [0.4, 0.5) is 0 Å². The average molecular weight is 373 g/mol. The topological polar surface area (TPSA) is 108 Å². The number of carbonyl (C=O) groups is 1. The molecule has 0 radical (unpaired) electrons. The second-order valence-electron chi connectivity index (χ2n) is 5.13. The summed E-state index contributed by atoms with van der Waals surface area (Å²) in [5.74, 6) is -0.699. The maximum Gasteiger partial charge on any atom is 0.267 e. The molecule has 2 N–H and O–H groups in total. The molecule has 2 aromatic rings. The van der Waals surface area contributed by atoms with E-state index in [4.69, 9.17) is 10.2 Å². The summed E-state index contributed by atoms with van der Waals surface area (Å²) in [7, 11) is 0. The molecule has 0 spiro atoms. The Kier molecular flexibility index (Phi) is 8.84. The molecule has 0 aliphatic rings. The van der Waals surface area contributed by atoms with E-state index < -0.39 is 5.91 Å². The van der Waals surface area contributed by atoms with Crippen molar-refractivity contribution in [2.24, 2.45) is 5.73 Å². The van der Waals surface area contributed by atoms with Crippen molar-refractivity contribution < 1.29 is 9.21 Å². The summed E-state index contributed by atoms with van der Waals surface area (Å²) in [5.41, 5.74) is 5.26. The summed E-state index contributed by atoms with van der Waals surface area (Å²) in [6, 6.07) is 18.5. The van der Waals surface area contributed by atoms with Crippen molar-refractivity contribution in [3.63, 3.8) is 0 Å². The van der Waals surface area contributed by atoms with Gasteiger partial charge in [0.15, 0.2) is 6.39 Å². The first-order chi connectivity index (χ1) is 13.8. The SMILES string of the molecule is NC(=O)c1ccocncc2ccccc2ccccccncnccn1. The van der Waals surface area contributed by atoms with E-state index in [1.165, 1.54) is 37.4 Å². The smallest absolute Gasteiger partial charge is 0.267 e. The number of nitrogens with two attached hydrogens (primary N) is 1. The molecule has 1 heterocycles. The Morgan fingerprint density at radius 1 is 0.786 bits per heavy atom. The number of hydrogen-bond donors (Lipinski definition) is 1. The molecule has 7 heteroatoms. The number of benzene rings is 1. The van der Waals surface area contributed by atoms with Gasteiger partial charge in [-0.25, -0.2) is 19.9 Å². The summed E-state index contributed by atoms with van der Waals surface area (Å²) in [5, 5.41) is 1.92. The molecule has 28 heavy (non-hydrogen) atoms. The minimum absolute atomic E-state index is 0.00664. The van der Waals surface area contributed by atoms with Crippen molar-refractivity contribution in [2.45, 2.75) is 0 Å². The second-order valence-corrected chi connectivity index (χ2v) is 5.13. The van der Waals surface area contributed by atoms with Crippen molar-refractivity contribution in [2.75, 3.05) is 0 Å². The Hall–Kier alpha value is -4.13. The number of primary amides is 1. The first-order valence-electron chi connectivity index (χ1n) is 8.27. The lowest BCUT2D eigenvalue weighted by Gasteiger charge is -1.89. The number of rotatable bonds is 1. The maximum atomic E-state index is 11.4. The van der Waals surface area contributed by atoms with Gasteiger partial charge in [0.25, 0.3) is 5.91 Å². The van der Waals surface area contributed by atoms with Crippen molar-refractivity contribution >= 4 is 16.7 Å². The van der Waals surface area contributed by atoms with Crippen LogP contribution in [0.15, 0.2) is 109 Å². The first kappa shape index (κ1) is 20.2. The summed E-state index contributed by atoms with van der Waals surface area (Å²) >= 11 is 0. The Labute approximate surface area is 162 Å². The van der Waals surface area contributed by atoms with Gasteiger partial charge in [0.05, 0.1) is 6.26 Å². The summed E-state index contributed by atoms with van der Waals surface area (Å²) in [6.45, 7) is 0. The highest BCUT2D eigenvalue weighted by Crippen LogP contribution is 2.08. The predicted octanol–water partition coefficient (Wildman–Crippen LogP) is 3.61. The molecule has 2 rings (SSSR count). The van der Waals surface area contributed by atoms with E-state index in [0.717, 1.165) is 10.8 Å². The molecule has 0 saturated heterocycles. The van der Waals surface area contributed by atoms with Crippen LogP contribution >= 0.6 is 0 Å². The first-order valence-corrected chi connectivity index (χ1v) is 8.27. The van der Waals surface area contributed by atoms with E-state index >= 15 is 0 Å². The zero-order chi connectivity index (χ0) is 19.9. The zero-order valence-electron chi connectivity index (χ0n) is 15.0. The van der Waals surface area contributed by atoms with E-state index in [1.807, 2.05) is 48.5 Å². The number of fused-ring (bicyclic) bond motifs is 1. The maximum absolute atomic E-state index is 11.4. The van der Waals surface area contributed by atoms with Gasteiger partial charge in [-0.15, -0.1) is 0 Å². The fraction of sp³-hybridized carbons (Fsp3) is 0. The molecule has 1 amide bonds. The van der Waals surface area contributed by atoms with Crippen LogP contribution in [-0.4, -0.2) is 25.8 Å². The van der Waals surface area contributed by atoms with E-state index in [2.05, 4.69) is 19.9 Å². The fourth-order valence-corrected chi connectivity index (χ4v) is 1.91. The molecule has 0 aliphatic heterocycles. The Bertz CT molecular complexity index is 1030. The van der Waals surface area contributed by atoms with Gasteiger partial charge in [-0.05, 0) is 11.5 Å². The van der Waals surface area contributed by atoms with Crippen molar-refractivity contribution in [3.8, 4) is 0 Å². The molecular formula is C21H19N5O2. The Balaban J connectivity index is 2.57. The van der Waals surface area contributed by atoms with Crippen LogP contribution in [-0.2, 0) is 0 Å². The number of amides is 1. The molecule has 1 aromatic heterocycles. The highest BCUT2D eigenvalue weighted by molar-refractivity contribution is 5.90. The minimum atomic E-state index is -0.699. The molecule has 1 aromatic carbocycles. The van der Waals surface area contributed by atoms with Crippen LogP contribution in [0, 0.1) is 0 Å². The quantitative estimate of drug-likeness (QED) is 0.818. The summed E-state index contributed by atoms with van der Waals surface area (Å²) in [6.07, 6.45) is 9.82. The highest BCUT2D eigenvalue weighted by atomic mass is 16.3. The number of carbonyl (C=O) groups excluding carboxylic acids is 1. The third-order valence-electron chi connectivity index (χ3n) is 3.17. The highest BCUT2D eigenvalue weighted by Gasteiger charge is 1.95. The molecular weight excluding hydrogens is 354 g/mol. The van der Waals surface area contributed by atoms with Gasteiger partial charge < -0.3 is 10.2 Å². The third kappa shape index (κ3) is 7.83. The molecule has 7 nitrogen and oxygen atoms in total. The van der Waals surface area contributed by atoms with Crippen LogP contribution in [0.25, 0.3) is 10.8 Å². The molecule has 0 unspecified atom stereocenters. The van der Waals surface area contributed by atoms with Crippen LogP contribution in [0.5, 0.6) is 0 Å². The van der Waals surface area contributed by atoms with Crippen molar-refractivity contribution in [3.05, 3.63) is 110 Å². The van der Waals surface area contributed by atoms with Crippen LogP contribution in [0.2, 0.25) is 0 Å². The van der Waals surface area contributed by atoms with Gasteiger partial charge in [0.2, 0.25) is 0 Å². The van der Waals surface area contributed by atoms with Gasteiger partial charge in [0, 0.05) is 36.2 Å². The van der Waals surface area contributed by atoms with E-state index in [1.54, 1.807) is 18.5 Å². The van der Waals surface area contributed by atoms with Crippen LogP contribution in [0.3, 0.4) is 0 Å². The minimum Gasteiger partial charge on any atom is -0.453 e. The fourth-order valence-electron chi connectivity index (χ4n) is 1.91. The van der Waals surface area contributed by atoms with Crippen LogP contribution in [0.1, 0.15) is 10.5 Å². The van der Waals surface area contributed by atoms with Crippen molar-refractivity contribution in [1.82, 2.24) is 19.9 Å². The van der Waals surface area contributed by atoms with Crippen LogP contribution < -0.4 is 5.73 Å². The van der Waals surface area contributed by atoms with E-state index in [9.17, 15) is 4.79 Å².